The summed E-state index contributed by atoms with van der Waals surface area (Å²) in [5.41, 5.74) is 1.70. The van der Waals surface area contributed by atoms with Gasteiger partial charge in [0.15, 0.2) is 0 Å². The van der Waals surface area contributed by atoms with Crippen LogP contribution in [0, 0.1) is 5.92 Å². The molecule has 54 heavy (non-hydrogen) atoms. The third-order valence-electron chi connectivity index (χ3n) is 9.50. The van der Waals surface area contributed by atoms with E-state index >= 15 is 0 Å². The van der Waals surface area contributed by atoms with Crippen molar-refractivity contribution >= 4 is 58.1 Å². The van der Waals surface area contributed by atoms with E-state index in [9.17, 15) is 34.2 Å². The van der Waals surface area contributed by atoms with E-state index in [0.717, 1.165) is 22.5 Å². The van der Waals surface area contributed by atoms with Gasteiger partial charge in [0, 0.05) is 18.3 Å². The zero-order chi connectivity index (χ0) is 38.9. The Bertz CT molecular complexity index is 1810. The van der Waals surface area contributed by atoms with Gasteiger partial charge in [-0.1, -0.05) is 86.7 Å². The van der Waals surface area contributed by atoms with Crippen LogP contribution >= 0.6 is 23.6 Å². The lowest BCUT2D eigenvalue weighted by Gasteiger charge is -2.32. The molecule has 7 atom stereocenters. The summed E-state index contributed by atoms with van der Waals surface area (Å²) in [6.07, 6.45) is -0.0813. The molecular formula is C38H47N7O7S2. The summed E-state index contributed by atoms with van der Waals surface area (Å²) in [5.74, 6) is -3.38. The monoisotopic (exact) mass is 777 g/mol. The predicted octanol–water partition coefficient (Wildman–Crippen LogP) is 1.17. The molecule has 5 rings (SSSR count). The first-order valence-electron chi connectivity index (χ1n) is 18.0. The number of rotatable bonds is 7. The molecule has 14 nitrogen and oxygen atoms in total. The molecule has 2 aliphatic heterocycles. The summed E-state index contributed by atoms with van der Waals surface area (Å²) in [7, 11) is 0. The van der Waals surface area contributed by atoms with Crippen LogP contribution in [0.15, 0.2) is 66.0 Å². The molecule has 0 saturated carbocycles. The Morgan fingerprint density at radius 1 is 0.796 bits per heavy atom. The van der Waals surface area contributed by atoms with Crippen LogP contribution in [0.25, 0.3) is 0 Å². The molecule has 0 spiro atoms. The fourth-order valence-electron chi connectivity index (χ4n) is 6.55. The highest BCUT2D eigenvalue weighted by Crippen LogP contribution is 2.24. The van der Waals surface area contributed by atoms with E-state index < -0.39 is 78.5 Å². The number of nitrogens with one attached hydrogen (secondary N) is 5. The minimum Gasteiger partial charge on any atom is -0.394 e. The van der Waals surface area contributed by atoms with Gasteiger partial charge in [-0.25, -0.2) is 4.98 Å². The highest BCUT2D eigenvalue weighted by atomic mass is 32.1. The van der Waals surface area contributed by atoms with Crippen LogP contribution in [-0.2, 0) is 32.0 Å². The van der Waals surface area contributed by atoms with Crippen molar-refractivity contribution in [2.45, 2.75) is 88.8 Å². The van der Waals surface area contributed by atoms with Crippen molar-refractivity contribution in [2.75, 3.05) is 13.2 Å². The van der Waals surface area contributed by atoms with Gasteiger partial charge in [-0.15, -0.1) is 11.3 Å². The Morgan fingerprint density at radius 3 is 2.00 bits per heavy atom. The maximum atomic E-state index is 14.3. The van der Waals surface area contributed by atoms with Crippen molar-refractivity contribution in [3.63, 3.8) is 0 Å². The maximum Gasteiger partial charge on any atom is 0.271 e. The summed E-state index contributed by atoms with van der Waals surface area (Å²) in [6, 6.07) is 12.3. The number of hydrogen-bond acceptors (Lipinski definition) is 10. The third kappa shape index (κ3) is 10.0. The number of amides is 5. The van der Waals surface area contributed by atoms with Crippen LogP contribution < -0.4 is 26.6 Å². The van der Waals surface area contributed by atoms with Crippen molar-refractivity contribution in [2.24, 2.45) is 5.92 Å². The van der Waals surface area contributed by atoms with Crippen LogP contribution in [0.5, 0.6) is 0 Å². The van der Waals surface area contributed by atoms with Gasteiger partial charge in [0.05, 0.1) is 29.8 Å². The average molecular weight is 778 g/mol. The lowest BCUT2D eigenvalue weighted by atomic mass is 10.0. The smallest absolute Gasteiger partial charge is 0.271 e. The number of hydrogen-bond donors (Lipinski definition) is 7. The Kier molecular flexibility index (Phi) is 13.9. The largest absolute Gasteiger partial charge is 0.394 e. The van der Waals surface area contributed by atoms with Crippen LogP contribution in [-0.4, -0.2) is 104 Å². The second-order valence-electron chi connectivity index (χ2n) is 13.9. The number of carbonyl (C=O) groups excluding carboxylic acids is 5. The average Bonchev–Trinajstić information content (AvgIpc) is 3.85. The quantitative estimate of drug-likeness (QED) is 0.171. The first-order chi connectivity index (χ1) is 25.9. The molecule has 0 unspecified atom stereocenters. The fourth-order valence-corrected chi connectivity index (χ4v) is 7.87. The van der Waals surface area contributed by atoms with E-state index in [2.05, 4.69) is 31.6 Å². The lowest BCUT2D eigenvalue weighted by molar-refractivity contribution is -0.141. The molecule has 3 aromatic rings. The van der Waals surface area contributed by atoms with E-state index in [1.54, 1.807) is 19.2 Å². The van der Waals surface area contributed by atoms with Crippen molar-refractivity contribution in [3.05, 3.63) is 87.9 Å². The fraction of sp³-hybridized carbons (Fsp3) is 0.447. The summed E-state index contributed by atoms with van der Waals surface area (Å²) in [5, 5.41) is 37.1. The second kappa shape index (κ2) is 18.5. The summed E-state index contributed by atoms with van der Waals surface area (Å²) < 4.78 is 0. The molecule has 16 heteroatoms. The van der Waals surface area contributed by atoms with E-state index in [-0.39, 0.29) is 29.6 Å². The van der Waals surface area contributed by atoms with Gasteiger partial charge < -0.3 is 41.7 Å². The number of aliphatic hydroxyl groups is 2. The number of nitrogens with zero attached hydrogens (tertiary/aromatic N) is 2. The van der Waals surface area contributed by atoms with Crippen LogP contribution in [0.3, 0.4) is 0 Å². The van der Waals surface area contributed by atoms with Crippen molar-refractivity contribution in [1.82, 2.24) is 36.5 Å². The molecule has 0 radical (unpaired) electrons. The molecule has 7 N–H and O–H groups in total. The Morgan fingerprint density at radius 2 is 1.41 bits per heavy atom. The van der Waals surface area contributed by atoms with Crippen molar-refractivity contribution < 1.29 is 34.2 Å². The normalized spacial score (nSPS) is 25.4. The predicted molar refractivity (Wildman–Crippen MR) is 206 cm³/mol. The minimum absolute atomic E-state index is 0.0388. The second-order valence-corrected chi connectivity index (χ2v) is 15.3. The molecule has 1 saturated heterocycles. The Balaban J connectivity index is 1.54. The van der Waals surface area contributed by atoms with Crippen LogP contribution in [0.4, 0.5) is 0 Å². The van der Waals surface area contributed by atoms with Gasteiger partial charge in [0.1, 0.15) is 34.9 Å². The number of benzene rings is 2. The van der Waals surface area contributed by atoms with Crippen molar-refractivity contribution in [1.29, 1.82) is 0 Å². The van der Waals surface area contributed by atoms with Gasteiger partial charge in [0.25, 0.3) is 5.91 Å². The SMILES string of the molecule is CC(C)[C@@H]1NC(=O)[C@H]([C@H](C)O)NC(=O)[C@@H]2CCCN2C(=O)[C@H](Cc2ccccc2)NC(=O)c2csc(n2)[C@@H](Cc2ccccc2)NC(=O)[C@H](CO)NC1=S. The maximum absolute atomic E-state index is 14.3. The zero-order valence-electron chi connectivity index (χ0n) is 30.4. The molecule has 0 aliphatic carbocycles. The van der Waals surface area contributed by atoms with Gasteiger partial charge in [-0.3, -0.25) is 24.0 Å². The summed E-state index contributed by atoms with van der Waals surface area (Å²) in [6.45, 7) is 4.55. The van der Waals surface area contributed by atoms with Gasteiger partial charge in [-0.05, 0) is 43.2 Å². The third-order valence-corrected chi connectivity index (χ3v) is 10.8. The van der Waals surface area contributed by atoms with E-state index in [1.807, 2.05) is 60.7 Å². The number of carbonyl (C=O) groups is 5. The first-order valence-corrected chi connectivity index (χ1v) is 19.3. The van der Waals surface area contributed by atoms with Crippen LogP contribution in [0.1, 0.15) is 66.3 Å². The molecular weight excluding hydrogens is 731 g/mol. The topological polar surface area (TPSA) is 202 Å². The van der Waals surface area contributed by atoms with E-state index in [1.165, 1.54) is 11.8 Å². The molecule has 3 heterocycles. The van der Waals surface area contributed by atoms with Gasteiger partial charge >= 0.3 is 0 Å². The summed E-state index contributed by atoms with van der Waals surface area (Å²) >= 11 is 6.81. The highest BCUT2D eigenvalue weighted by Gasteiger charge is 2.40. The molecule has 1 aromatic heterocycles. The van der Waals surface area contributed by atoms with Crippen LogP contribution in [0.2, 0.25) is 0 Å². The highest BCUT2D eigenvalue weighted by molar-refractivity contribution is 7.80. The minimum atomic E-state index is -1.41. The molecule has 2 aliphatic rings. The zero-order valence-corrected chi connectivity index (χ0v) is 32.0. The molecule has 288 valence electrons. The molecule has 2 bridgehead atoms. The number of aliphatic hydroxyl groups excluding tert-OH is 2. The van der Waals surface area contributed by atoms with Gasteiger partial charge in [-0.2, -0.15) is 0 Å². The molecule has 5 amide bonds. The number of fused-ring (bicyclic) bond motifs is 3. The number of thiocarbonyl (C=S) groups is 1. The van der Waals surface area contributed by atoms with E-state index in [0.29, 0.717) is 24.3 Å². The van der Waals surface area contributed by atoms with Gasteiger partial charge in [0.2, 0.25) is 23.6 Å². The molecule has 2 aromatic carbocycles. The van der Waals surface area contributed by atoms with Crippen molar-refractivity contribution in [3.8, 4) is 0 Å². The Labute approximate surface area is 323 Å². The molecule has 1 fully saturated rings. The summed E-state index contributed by atoms with van der Waals surface area (Å²) in [4.78, 5) is 75.4. The first kappa shape index (κ1) is 40.4. The number of aromatic nitrogens is 1. The number of thiazole rings is 1. The lowest BCUT2D eigenvalue weighted by Crippen LogP contribution is -2.61. The van der Waals surface area contributed by atoms with E-state index in [4.69, 9.17) is 12.2 Å². The Hall–Kier alpha value is -4.77. The standard InChI is InChI=1S/C38H47N7O7S2/c1-21(2)30-36(53)41-27(19-46)32(48)39-25(17-23-11-6-4-7-12-23)37-42-28(20-54-37)33(49)40-26(18-24-13-8-5-9-14-24)38(52)45-16-10-15-29(45)34(50)44-31(22(3)47)35(51)43-30/h4-9,11-14,20-22,25-27,29-31,46-47H,10,15-19H2,1-3H3,(H,39,48)(H,40,49)(H,41,53)(H,43,51)(H,44,50)/t22-,25+,26-,27-,29-,30-,31-/m0/s1.